The molecule has 0 spiro atoms. The van der Waals surface area contributed by atoms with Gasteiger partial charge in [-0.25, -0.2) is 4.79 Å². The fraction of sp³-hybridized carbons (Fsp3) is 0.733. The molecule has 4 heteroatoms. The van der Waals surface area contributed by atoms with Crippen LogP contribution in [0.2, 0.25) is 0 Å². The van der Waals surface area contributed by atoms with E-state index in [2.05, 4.69) is 0 Å². The van der Waals surface area contributed by atoms with Gasteiger partial charge in [0.2, 0.25) is 0 Å². The van der Waals surface area contributed by atoms with Gasteiger partial charge in [0.25, 0.3) is 0 Å². The zero-order valence-electron chi connectivity index (χ0n) is 11.7. The van der Waals surface area contributed by atoms with Crippen molar-refractivity contribution in [2.75, 3.05) is 0 Å². The van der Waals surface area contributed by atoms with Crippen molar-refractivity contribution >= 4 is 11.8 Å². The van der Waals surface area contributed by atoms with Gasteiger partial charge in [0.1, 0.15) is 11.9 Å². The Kier molecular flexibility index (Phi) is 2.50. The fourth-order valence-electron chi connectivity index (χ4n) is 4.13. The van der Waals surface area contributed by atoms with Crippen molar-refractivity contribution in [3.63, 3.8) is 0 Å². The minimum Gasteiger partial charge on any atom is -0.454 e. The number of hydrogen-bond donors (Lipinski definition) is 1. The Morgan fingerprint density at radius 1 is 1.37 bits per heavy atom. The Labute approximate surface area is 112 Å². The Bertz CT molecular complexity index is 506. The monoisotopic (exact) mass is 264 g/mol. The van der Waals surface area contributed by atoms with E-state index in [9.17, 15) is 14.7 Å². The summed E-state index contributed by atoms with van der Waals surface area (Å²) in [7, 11) is 0. The summed E-state index contributed by atoms with van der Waals surface area (Å²) in [5.41, 5.74) is -0.187. The molecule has 2 aliphatic carbocycles. The maximum absolute atomic E-state index is 12.3. The molecule has 0 aromatic carbocycles. The second kappa shape index (κ2) is 3.69. The zero-order chi connectivity index (χ0) is 14.0. The zero-order valence-corrected chi connectivity index (χ0v) is 11.7. The molecule has 4 atom stereocenters. The molecule has 1 heterocycles. The summed E-state index contributed by atoms with van der Waals surface area (Å²) in [6.07, 6.45) is 1.77. The number of esters is 1. The van der Waals surface area contributed by atoms with Crippen LogP contribution in [0.25, 0.3) is 0 Å². The minimum absolute atomic E-state index is 0.0508. The highest BCUT2D eigenvalue weighted by Gasteiger charge is 2.62. The molecule has 0 aromatic rings. The molecule has 4 nitrogen and oxygen atoms in total. The van der Waals surface area contributed by atoms with Gasteiger partial charge in [0, 0.05) is 12.0 Å². The smallest absolute Gasteiger partial charge is 0.334 e. The number of rotatable bonds is 0. The molecule has 0 amide bonds. The van der Waals surface area contributed by atoms with E-state index in [1.165, 1.54) is 0 Å². The Hall–Kier alpha value is -1.16. The molecule has 104 valence electrons. The Balaban J connectivity index is 2.12. The van der Waals surface area contributed by atoms with Crippen LogP contribution >= 0.6 is 0 Å². The van der Waals surface area contributed by atoms with Gasteiger partial charge in [-0.2, -0.15) is 0 Å². The lowest BCUT2D eigenvalue weighted by Crippen LogP contribution is -2.49. The highest BCUT2D eigenvalue weighted by molar-refractivity contribution is 5.93. The number of carbonyl (C=O) groups is 2. The lowest BCUT2D eigenvalue weighted by atomic mass is 9.67. The van der Waals surface area contributed by atoms with Crippen molar-refractivity contribution in [2.24, 2.45) is 11.3 Å². The van der Waals surface area contributed by atoms with E-state index in [4.69, 9.17) is 4.74 Å². The Morgan fingerprint density at radius 3 is 2.74 bits per heavy atom. The number of ether oxygens (including phenoxy) is 1. The van der Waals surface area contributed by atoms with Crippen molar-refractivity contribution in [1.82, 2.24) is 0 Å². The highest BCUT2D eigenvalue weighted by Crippen LogP contribution is 2.56. The average molecular weight is 264 g/mol. The number of fused-ring (bicyclic) bond motifs is 2. The summed E-state index contributed by atoms with van der Waals surface area (Å²) in [6.45, 7) is 5.57. The molecule has 1 aliphatic heterocycles. The van der Waals surface area contributed by atoms with E-state index in [-0.39, 0.29) is 23.8 Å². The van der Waals surface area contributed by atoms with Crippen molar-refractivity contribution in [1.29, 1.82) is 0 Å². The Morgan fingerprint density at radius 2 is 2.05 bits per heavy atom. The third-order valence-electron chi connectivity index (χ3n) is 5.66. The summed E-state index contributed by atoms with van der Waals surface area (Å²) < 4.78 is 5.38. The summed E-state index contributed by atoms with van der Waals surface area (Å²) in [4.78, 5) is 24.0. The van der Waals surface area contributed by atoms with Crippen molar-refractivity contribution in [3.8, 4) is 0 Å². The second-order valence-electron chi connectivity index (χ2n) is 6.54. The van der Waals surface area contributed by atoms with Crippen LogP contribution in [0.5, 0.6) is 0 Å². The van der Waals surface area contributed by atoms with Crippen LogP contribution in [-0.2, 0) is 14.3 Å². The number of aliphatic hydroxyl groups is 1. The SMILES string of the molecule is CC1=C2C[C@]3(C)C(=O)CC[C@@]3(O)[C@@H](C)C[C@H]2OC1=O. The van der Waals surface area contributed by atoms with Crippen LogP contribution in [0.4, 0.5) is 0 Å². The molecule has 19 heavy (non-hydrogen) atoms. The summed E-state index contributed by atoms with van der Waals surface area (Å²) in [5.74, 6) is -0.209. The fourth-order valence-corrected chi connectivity index (χ4v) is 4.13. The van der Waals surface area contributed by atoms with Gasteiger partial charge in [-0.05, 0) is 44.6 Å². The lowest BCUT2D eigenvalue weighted by molar-refractivity contribution is -0.145. The summed E-state index contributed by atoms with van der Waals surface area (Å²) >= 11 is 0. The number of carbonyl (C=O) groups excluding carboxylic acids is 2. The van der Waals surface area contributed by atoms with Gasteiger partial charge in [0.05, 0.1) is 11.0 Å². The molecule has 0 aromatic heterocycles. The van der Waals surface area contributed by atoms with Gasteiger partial charge in [-0.1, -0.05) is 6.92 Å². The first-order valence-electron chi connectivity index (χ1n) is 6.96. The van der Waals surface area contributed by atoms with Crippen molar-refractivity contribution in [3.05, 3.63) is 11.1 Å². The first-order valence-corrected chi connectivity index (χ1v) is 6.96. The second-order valence-corrected chi connectivity index (χ2v) is 6.54. The van der Waals surface area contributed by atoms with Crippen LogP contribution < -0.4 is 0 Å². The number of Topliss-reactive ketones (excluding diaryl/α,β-unsaturated/α-hetero) is 1. The molecule has 1 N–H and O–H groups in total. The predicted octanol–water partition coefficient (Wildman–Crippen LogP) is 1.76. The van der Waals surface area contributed by atoms with Gasteiger partial charge < -0.3 is 9.84 Å². The van der Waals surface area contributed by atoms with E-state index in [0.717, 1.165) is 5.57 Å². The van der Waals surface area contributed by atoms with E-state index in [1.54, 1.807) is 6.92 Å². The van der Waals surface area contributed by atoms with E-state index < -0.39 is 11.0 Å². The third-order valence-corrected chi connectivity index (χ3v) is 5.66. The molecule has 2 fully saturated rings. The minimum atomic E-state index is -0.964. The highest BCUT2D eigenvalue weighted by atomic mass is 16.5. The first kappa shape index (κ1) is 12.9. The van der Waals surface area contributed by atoms with Gasteiger partial charge >= 0.3 is 5.97 Å². The molecule has 2 saturated carbocycles. The van der Waals surface area contributed by atoms with E-state index >= 15 is 0 Å². The predicted molar refractivity (Wildman–Crippen MR) is 68.3 cm³/mol. The van der Waals surface area contributed by atoms with E-state index in [1.807, 2.05) is 13.8 Å². The third kappa shape index (κ3) is 1.43. The number of ketones is 1. The molecule has 0 bridgehead atoms. The summed E-state index contributed by atoms with van der Waals surface area (Å²) in [5, 5.41) is 11.0. The first-order chi connectivity index (χ1) is 8.79. The topological polar surface area (TPSA) is 63.6 Å². The quantitative estimate of drug-likeness (QED) is 0.677. The normalized spacial score (nSPS) is 45.9. The lowest BCUT2D eigenvalue weighted by Gasteiger charge is -2.40. The maximum atomic E-state index is 12.3. The molecular weight excluding hydrogens is 244 g/mol. The maximum Gasteiger partial charge on any atom is 0.334 e. The van der Waals surface area contributed by atoms with Crippen LogP contribution in [-0.4, -0.2) is 28.6 Å². The van der Waals surface area contributed by atoms with Crippen LogP contribution in [0.3, 0.4) is 0 Å². The number of hydrogen-bond acceptors (Lipinski definition) is 4. The van der Waals surface area contributed by atoms with Crippen molar-refractivity contribution < 1.29 is 19.4 Å². The van der Waals surface area contributed by atoms with Gasteiger partial charge in [-0.3, -0.25) is 4.79 Å². The molecule has 0 radical (unpaired) electrons. The van der Waals surface area contributed by atoms with E-state index in [0.29, 0.717) is 31.3 Å². The molecule has 0 saturated heterocycles. The van der Waals surface area contributed by atoms with Crippen LogP contribution in [0.15, 0.2) is 11.1 Å². The molecule has 0 unspecified atom stereocenters. The largest absolute Gasteiger partial charge is 0.454 e. The molecule has 3 aliphatic rings. The molecule has 3 rings (SSSR count). The van der Waals surface area contributed by atoms with Crippen LogP contribution in [0.1, 0.15) is 46.5 Å². The molecular formula is C15H20O4. The van der Waals surface area contributed by atoms with Gasteiger partial charge in [0.15, 0.2) is 0 Å². The van der Waals surface area contributed by atoms with Crippen molar-refractivity contribution in [2.45, 2.75) is 58.2 Å². The van der Waals surface area contributed by atoms with Gasteiger partial charge in [-0.15, -0.1) is 0 Å². The summed E-state index contributed by atoms with van der Waals surface area (Å²) in [6, 6.07) is 0. The average Bonchev–Trinajstić information content (AvgIpc) is 2.70. The standard InChI is InChI=1S/C15H20O4/c1-8-6-11-10(9(2)13(17)19-11)7-14(3)12(16)4-5-15(8,14)18/h8,11,18H,4-7H2,1-3H3/t8-,11+,14+,15+/m0/s1. The van der Waals surface area contributed by atoms with Crippen LogP contribution in [0, 0.1) is 11.3 Å².